The molecule has 5 nitrogen and oxygen atoms in total. The van der Waals surface area contributed by atoms with E-state index in [0.717, 1.165) is 5.56 Å². The molecule has 0 aromatic heterocycles. The van der Waals surface area contributed by atoms with Gasteiger partial charge in [-0.3, -0.25) is 9.69 Å². The van der Waals surface area contributed by atoms with Crippen LogP contribution in [0.3, 0.4) is 0 Å². The van der Waals surface area contributed by atoms with Crippen LogP contribution < -0.4 is 5.32 Å². The number of ether oxygens (including phenoxy) is 1. The van der Waals surface area contributed by atoms with Crippen LogP contribution >= 0.6 is 0 Å². The molecule has 1 amide bonds. The third-order valence-electron chi connectivity index (χ3n) is 3.30. The summed E-state index contributed by atoms with van der Waals surface area (Å²) in [5, 5.41) is 2.72. The van der Waals surface area contributed by atoms with Gasteiger partial charge in [0.1, 0.15) is 0 Å². The second-order valence-corrected chi connectivity index (χ2v) is 6.61. The van der Waals surface area contributed by atoms with Gasteiger partial charge in [0.25, 0.3) is 0 Å². The van der Waals surface area contributed by atoms with Crippen LogP contribution in [0.15, 0.2) is 30.3 Å². The van der Waals surface area contributed by atoms with Crippen molar-refractivity contribution in [3.05, 3.63) is 35.9 Å². The Kier molecular flexibility index (Phi) is 6.11. The van der Waals surface area contributed by atoms with E-state index in [1.165, 1.54) is 0 Å². The molecule has 1 rings (SSSR count). The van der Waals surface area contributed by atoms with E-state index in [-0.39, 0.29) is 0 Å². The zero-order chi connectivity index (χ0) is 16.8. The summed E-state index contributed by atoms with van der Waals surface area (Å²) in [5.41, 5.74) is -0.599. The molecule has 0 aliphatic carbocycles. The van der Waals surface area contributed by atoms with E-state index in [0.29, 0.717) is 19.1 Å². The molecule has 122 valence electrons. The number of likely N-dealkylation sites (N-methyl/N-ethyl adjacent to an activating group) is 1. The zero-order valence-electron chi connectivity index (χ0n) is 14.1. The molecule has 0 aliphatic heterocycles. The molecule has 1 N–H and O–H groups in total. The lowest BCUT2D eigenvalue weighted by Gasteiger charge is -2.35. The van der Waals surface area contributed by atoms with E-state index in [1.807, 2.05) is 51.1 Å². The van der Waals surface area contributed by atoms with E-state index in [1.54, 1.807) is 19.0 Å². The summed E-state index contributed by atoms with van der Waals surface area (Å²) >= 11 is 0. The monoisotopic (exact) mass is 306 g/mol. The summed E-state index contributed by atoms with van der Waals surface area (Å²) in [7, 11) is 3.45. The summed E-state index contributed by atoms with van der Waals surface area (Å²) in [6, 6.07) is 9.80. The Morgan fingerprint density at radius 2 is 1.82 bits per heavy atom. The first-order valence-electron chi connectivity index (χ1n) is 7.37. The van der Waals surface area contributed by atoms with Crippen molar-refractivity contribution in [2.45, 2.75) is 44.9 Å². The predicted molar refractivity (Wildman–Crippen MR) is 86.6 cm³/mol. The van der Waals surface area contributed by atoms with Crippen molar-refractivity contribution in [1.82, 2.24) is 10.2 Å². The first-order chi connectivity index (χ1) is 10.2. The Morgan fingerprint density at radius 1 is 1.23 bits per heavy atom. The smallest absolute Gasteiger partial charge is 0.409 e. The van der Waals surface area contributed by atoms with Crippen molar-refractivity contribution in [2.24, 2.45) is 0 Å². The molecule has 1 atom stereocenters. The summed E-state index contributed by atoms with van der Waals surface area (Å²) in [4.78, 5) is 25.3. The highest BCUT2D eigenvalue weighted by atomic mass is 16.6. The molecule has 1 unspecified atom stereocenters. The molecule has 1 aromatic rings. The standard InChI is InChI=1S/C17H26N2O3/c1-16(2,3)18-15(21)22-17(13-20,19(4)5)12-11-14-9-7-6-8-10-14/h6-10,13H,11-12H2,1-5H3,(H,18,21). The SMILES string of the molecule is CN(C)C(C=O)(CCc1ccccc1)OC(=O)NC(C)(C)C. The van der Waals surface area contributed by atoms with Crippen molar-refractivity contribution in [3.8, 4) is 0 Å². The van der Waals surface area contributed by atoms with Crippen LogP contribution in [0.5, 0.6) is 0 Å². The number of aldehydes is 1. The normalized spacial score (nSPS) is 14.3. The van der Waals surface area contributed by atoms with Gasteiger partial charge in [0.05, 0.1) is 0 Å². The van der Waals surface area contributed by atoms with Gasteiger partial charge in [-0.25, -0.2) is 4.79 Å². The molecule has 5 heteroatoms. The third kappa shape index (κ3) is 5.48. The highest BCUT2D eigenvalue weighted by Crippen LogP contribution is 2.20. The van der Waals surface area contributed by atoms with E-state index in [4.69, 9.17) is 4.74 Å². The van der Waals surface area contributed by atoms with Crippen LogP contribution in [0, 0.1) is 0 Å². The quantitative estimate of drug-likeness (QED) is 0.648. The summed E-state index contributed by atoms with van der Waals surface area (Å²) in [6.07, 6.45) is 1.13. The largest absolute Gasteiger partial charge is 0.420 e. The number of carbonyl (C=O) groups is 2. The lowest BCUT2D eigenvalue weighted by atomic mass is 10.0. The van der Waals surface area contributed by atoms with Gasteiger partial charge in [-0.15, -0.1) is 0 Å². The maximum atomic E-state index is 12.0. The number of nitrogens with one attached hydrogen (secondary N) is 1. The van der Waals surface area contributed by atoms with Gasteiger partial charge in [-0.1, -0.05) is 30.3 Å². The van der Waals surface area contributed by atoms with Crippen molar-refractivity contribution < 1.29 is 14.3 Å². The maximum Gasteiger partial charge on any atom is 0.409 e. The highest BCUT2D eigenvalue weighted by molar-refractivity contribution is 5.73. The lowest BCUT2D eigenvalue weighted by molar-refractivity contribution is -0.143. The van der Waals surface area contributed by atoms with Gasteiger partial charge >= 0.3 is 6.09 Å². The van der Waals surface area contributed by atoms with Crippen LogP contribution in [0.1, 0.15) is 32.8 Å². The number of carbonyl (C=O) groups excluding carboxylic acids is 2. The van der Waals surface area contributed by atoms with Crippen LogP contribution in [-0.4, -0.2) is 42.6 Å². The molecule has 0 saturated heterocycles. The Morgan fingerprint density at radius 3 is 2.27 bits per heavy atom. The number of hydrogen-bond acceptors (Lipinski definition) is 4. The molecule has 22 heavy (non-hydrogen) atoms. The number of hydrogen-bond donors (Lipinski definition) is 1. The fourth-order valence-electron chi connectivity index (χ4n) is 2.01. The Labute approximate surface area is 132 Å². The molecule has 0 heterocycles. The van der Waals surface area contributed by atoms with E-state index in [9.17, 15) is 9.59 Å². The number of rotatable bonds is 6. The summed E-state index contributed by atoms with van der Waals surface area (Å²) in [6.45, 7) is 5.57. The van der Waals surface area contributed by atoms with Gasteiger partial charge in [-0.2, -0.15) is 0 Å². The molecule has 0 bridgehead atoms. The molecule has 0 radical (unpaired) electrons. The van der Waals surface area contributed by atoms with Crippen LogP contribution in [-0.2, 0) is 16.0 Å². The molecule has 0 fully saturated rings. The zero-order valence-corrected chi connectivity index (χ0v) is 14.1. The number of amides is 1. The third-order valence-corrected chi connectivity index (χ3v) is 3.30. The van der Waals surface area contributed by atoms with Gasteiger partial charge < -0.3 is 10.1 Å². The average molecular weight is 306 g/mol. The molecular weight excluding hydrogens is 280 g/mol. The lowest BCUT2D eigenvalue weighted by Crippen LogP contribution is -2.53. The Balaban J connectivity index is 2.81. The minimum absolute atomic E-state index is 0.394. The van der Waals surface area contributed by atoms with Gasteiger partial charge in [0, 0.05) is 12.0 Å². The maximum absolute atomic E-state index is 12.0. The Hall–Kier alpha value is -1.88. The summed E-state index contributed by atoms with van der Waals surface area (Å²) in [5.74, 6) is 0. The van der Waals surface area contributed by atoms with Gasteiger partial charge in [0.2, 0.25) is 5.72 Å². The van der Waals surface area contributed by atoms with E-state index >= 15 is 0 Å². The highest BCUT2D eigenvalue weighted by Gasteiger charge is 2.37. The molecule has 0 spiro atoms. The van der Waals surface area contributed by atoms with Crippen LogP contribution in [0.4, 0.5) is 4.79 Å². The molecule has 0 saturated carbocycles. The van der Waals surface area contributed by atoms with Gasteiger partial charge in [0.15, 0.2) is 6.29 Å². The predicted octanol–water partition coefficient (Wildman–Crippen LogP) is 2.60. The number of alkyl carbamates (subject to hydrolysis) is 1. The van der Waals surface area contributed by atoms with Crippen molar-refractivity contribution in [3.63, 3.8) is 0 Å². The summed E-state index contributed by atoms with van der Waals surface area (Å²) < 4.78 is 5.45. The second-order valence-electron chi connectivity index (χ2n) is 6.61. The number of aryl methyl sites for hydroxylation is 1. The van der Waals surface area contributed by atoms with Crippen LogP contribution in [0.2, 0.25) is 0 Å². The number of benzene rings is 1. The minimum Gasteiger partial charge on any atom is -0.420 e. The fourth-order valence-corrected chi connectivity index (χ4v) is 2.01. The Bertz CT molecular complexity index is 494. The number of nitrogens with zero attached hydrogens (tertiary/aromatic N) is 1. The first kappa shape index (κ1) is 18.2. The minimum atomic E-state index is -1.27. The molecule has 0 aliphatic rings. The van der Waals surface area contributed by atoms with Crippen molar-refractivity contribution in [1.29, 1.82) is 0 Å². The van der Waals surface area contributed by atoms with Crippen molar-refractivity contribution >= 4 is 12.4 Å². The van der Waals surface area contributed by atoms with E-state index in [2.05, 4.69) is 5.32 Å². The van der Waals surface area contributed by atoms with Gasteiger partial charge in [-0.05, 0) is 46.9 Å². The van der Waals surface area contributed by atoms with Crippen molar-refractivity contribution in [2.75, 3.05) is 14.1 Å². The average Bonchev–Trinajstić information content (AvgIpc) is 2.42. The topological polar surface area (TPSA) is 58.6 Å². The fraction of sp³-hybridized carbons (Fsp3) is 0.529. The first-order valence-corrected chi connectivity index (χ1v) is 7.37. The second kappa shape index (κ2) is 7.40. The van der Waals surface area contributed by atoms with Crippen LogP contribution in [0.25, 0.3) is 0 Å². The van der Waals surface area contributed by atoms with E-state index < -0.39 is 17.4 Å². The molecular formula is C17H26N2O3. The molecule has 1 aromatic carbocycles.